The third-order valence-corrected chi connectivity index (χ3v) is 4.25. The molecule has 8 heteroatoms. The lowest BCUT2D eigenvalue weighted by atomic mass is 10.0. The molecule has 150 valence electrons. The van der Waals surface area contributed by atoms with Gasteiger partial charge in [0, 0.05) is 12.2 Å². The second-order valence-corrected chi connectivity index (χ2v) is 6.80. The first-order valence-corrected chi connectivity index (χ1v) is 9.23. The van der Waals surface area contributed by atoms with Crippen molar-refractivity contribution in [3.8, 4) is 0 Å². The van der Waals surface area contributed by atoms with Crippen LogP contribution in [0.4, 0.5) is 10.5 Å². The van der Waals surface area contributed by atoms with E-state index >= 15 is 0 Å². The number of carbonyl (C=O) groups excluding carboxylic acids is 3. The third kappa shape index (κ3) is 8.08. The molecule has 0 heterocycles. The molecular weight excluding hydrogens is 346 g/mol. The smallest absolute Gasteiger partial charge is 0.312 e. The third-order valence-electron chi connectivity index (χ3n) is 4.25. The van der Waals surface area contributed by atoms with Crippen LogP contribution in [0.25, 0.3) is 0 Å². The fourth-order valence-electron chi connectivity index (χ4n) is 2.41. The minimum absolute atomic E-state index is 0.0492. The van der Waals surface area contributed by atoms with Crippen LogP contribution in [0.5, 0.6) is 0 Å². The summed E-state index contributed by atoms with van der Waals surface area (Å²) in [6.45, 7) is 6.05. The molecule has 0 aliphatic rings. The van der Waals surface area contributed by atoms with Crippen LogP contribution >= 0.6 is 0 Å². The van der Waals surface area contributed by atoms with Crippen LogP contribution in [-0.4, -0.2) is 36.5 Å². The molecule has 1 aromatic rings. The predicted octanol–water partition coefficient (Wildman–Crippen LogP) is 1.10. The van der Waals surface area contributed by atoms with Gasteiger partial charge in [-0.2, -0.15) is 0 Å². The lowest BCUT2D eigenvalue weighted by molar-refractivity contribution is -0.128. The largest absolute Gasteiger partial charge is 0.352 e. The minimum atomic E-state index is -0.761. The van der Waals surface area contributed by atoms with Crippen molar-refractivity contribution in [2.24, 2.45) is 17.4 Å². The summed E-state index contributed by atoms with van der Waals surface area (Å²) in [6.07, 6.45) is 1.73. The van der Waals surface area contributed by atoms with Gasteiger partial charge in [-0.25, -0.2) is 4.79 Å². The van der Waals surface area contributed by atoms with E-state index in [1.54, 1.807) is 0 Å². The number of nitrogens with one attached hydrogen (secondary N) is 3. The van der Waals surface area contributed by atoms with E-state index in [2.05, 4.69) is 22.9 Å². The minimum Gasteiger partial charge on any atom is -0.352 e. The van der Waals surface area contributed by atoms with E-state index in [0.717, 1.165) is 6.42 Å². The summed E-state index contributed by atoms with van der Waals surface area (Å²) < 4.78 is 0. The number of urea groups is 1. The molecule has 1 aromatic carbocycles. The SMILES string of the molecule is CCc1ccc(NC(=O)[C@H](CCCNC(N)=O)NC(=O)C(N)C(C)C)cc1. The molecule has 0 spiro atoms. The monoisotopic (exact) mass is 377 g/mol. The number of hydrogen-bond donors (Lipinski definition) is 5. The number of hydrogen-bond acceptors (Lipinski definition) is 4. The molecule has 0 fully saturated rings. The highest BCUT2D eigenvalue weighted by Crippen LogP contribution is 2.11. The van der Waals surface area contributed by atoms with Gasteiger partial charge >= 0.3 is 6.03 Å². The summed E-state index contributed by atoms with van der Waals surface area (Å²) in [5.41, 5.74) is 12.7. The van der Waals surface area contributed by atoms with Crippen molar-refractivity contribution in [1.29, 1.82) is 0 Å². The van der Waals surface area contributed by atoms with Crippen LogP contribution in [0.3, 0.4) is 0 Å². The Morgan fingerprint density at radius 2 is 1.70 bits per heavy atom. The van der Waals surface area contributed by atoms with Crippen molar-refractivity contribution in [3.63, 3.8) is 0 Å². The van der Waals surface area contributed by atoms with Gasteiger partial charge in [-0.15, -0.1) is 0 Å². The molecule has 1 rings (SSSR count). The van der Waals surface area contributed by atoms with Crippen molar-refractivity contribution in [2.45, 2.75) is 52.1 Å². The number of anilines is 1. The van der Waals surface area contributed by atoms with Crippen molar-refractivity contribution in [1.82, 2.24) is 10.6 Å². The Morgan fingerprint density at radius 3 is 2.22 bits per heavy atom. The molecule has 0 bridgehead atoms. The van der Waals surface area contributed by atoms with E-state index < -0.39 is 18.1 Å². The predicted molar refractivity (Wildman–Crippen MR) is 106 cm³/mol. The molecule has 7 N–H and O–H groups in total. The van der Waals surface area contributed by atoms with Crippen LogP contribution in [0, 0.1) is 5.92 Å². The lowest BCUT2D eigenvalue weighted by Gasteiger charge is -2.22. The maximum absolute atomic E-state index is 12.6. The second kappa shape index (κ2) is 11.2. The molecule has 27 heavy (non-hydrogen) atoms. The van der Waals surface area contributed by atoms with Gasteiger partial charge in [-0.3, -0.25) is 9.59 Å². The zero-order chi connectivity index (χ0) is 20.4. The zero-order valence-electron chi connectivity index (χ0n) is 16.2. The quantitative estimate of drug-likeness (QED) is 0.390. The number of primary amides is 1. The Labute approximate surface area is 160 Å². The van der Waals surface area contributed by atoms with Crippen molar-refractivity contribution < 1.29 is 14.4 Å². The van der Waals surface area contributed by atoms with E-state index in [0.29, 0.717) is 25.1 Å². The number of benzene rings is 1. The molecule has 0 aliphatic carbocycles. The summed E-state index contributed by atoms with van der Waals surface area (Å²) in [6, 6.07) is 5.44. The van der Waals surface area contributed by atoms with E-state index in [1.807, 2.05) is 38.1 Å². The molecule has 0 aliphatic heterocycles. The van der Waals surface area contributed by atoms with Gasteiger partial charge in [0.2, 0.25) is 11.8 Å². The van der Waals surface area contributed by atoms with Crippen LogP contribution in [-0.2, 0) is 16.0 Å². The molecule has 0 aromatic heterocycles. The number of nitrogens with two attached hydrogens (primary N) is 2. The Kier molecular flexibility index (Phi) is 9.29. The first-order chi connectivity index (χ1) is 12.7. The van der Waals surface area contributed by atoms with E-state index in [-0.39, 0.29) is 17.7 Å². The van der Waals surface area contributed by atoms with Gasteiger partial charge in [-0.1, -0.05) is 32.9 Å². The Bertz CT molecular complexity index is 631. The summed E-state index contributed by atoms with van der Waals surface area (Å²) in [7, 11) is 0. The number of aryl methyl sites for hydroxylation is 1. The lowest BCUT2D eigenvalue weighted by Crippen LogP contribution is -2.51. The number of rotatable bonds is 10. The first kappa shape index (κ1) is 22.4. The van der Waals surface area contributed by atoms with Gasteiger partial charge < -0.3 is 27.4 Å². The number of amides is 4. The maximum Gasteiger partial charge on any atom is 0.312 e. The Hall–Kier alpha value is -2.61. The van der Waals surface area contributed by atoms with Crippen LogP contribution in [0.15, 0.2) is 24.3 Å². The van der Waals surface area contributed by atoms with Gasteiger partial charge in [0.05, 0.1) is 6.04 Å². The molecule has 8 nitrogen and oxygen atoms in total. The van der Waals surface area contributed by atoms with Crippen LogP contribution in [0.1, 0.15) is 39.2 Å². The normalized spacial score (nSPS) is 12.9. The van der Waals surface area contributed by atoms with Gasteiger partial charge in [0.1, 0.15) is 6.04 Å². The molecule has 2 atom stereocenters. The molecular formula is C19H31N5O3. The average Bonchev–Trinajstić information content (AvgIpc) is 2.63. The van der Waals surface area contributed by atoms with E-state index in [4.69, 9.17) is 11.5 Å². The number of carbonyl (C=O) groups is 3. The Balaban J connectivity index is 2.75. The Morgan fingerprint density at radius 1 is 1.07 bits per heavy atom. The average molecular weight is 377 g/mol. The summed E-state index contributed by atoms with van der Waals surface area (Å²) in [4.78, 5) is 35.7. The topological polar surface area (TPSA) is 139 Å². The van der Waals surface area contributed by atoms with Gasteiger partial charge in [-0.05, 0) is 42.9 Å². The van der Waals surface area contributed by atoms with Crippen molar-refractivity contribution in [2.75, 3.05) is 11.9 Å². The van der Waals surface area contributed by atoms with Gasteiger partial charge in [0.15, 0.2) is 0 Å². The highest BCUT2D eigenvalue weighted by atomic mass is 16.2. The van der Waals surface area contributed by atoms with E-state index in [1.165, 1.54) is 5.56 Å². The molecule has 1 unspecified atom stereocenters. The second-order valence-electron chi connectivity index (χ2n) is 6.80. The highest BCUT2D eigenvalue weighted by molar-refractivity contribution is 5.97. The summed E-state index contributed by atoms with van der Waals surface area (Å²) in [5, 5.41) is 7.99. The van der Waals surface area contributed by atoms with Crippen LogP contribution < -0.4 is 27.4 Å². The maximum atomic E-state index is 12.6. The van der Waals surface area contributed by atoms with Crippen molar-refractivity contribution in [3.05, 3.63) is 29.8 Å². The van der Waals surface area contributed by atoms with Crippen molar-refractivity contribution >= 4 is 23.5 Å². The standard InChI is InChI=1S/C19H31N5O3/c1-4-13-7-9-14(10-8-13)23-17(25)15(6-5-11-22-19(21)27)24-18(26)16(20)12(2)3/h7-10,12,15-16H,4-6,11,20H2,1-3H3,(H,23,25)(H,24,26)(H3,21,22,27)/t15-,16?/m0/s1. The first-order valence-electron chi connectivity index (χ1n) is 9.23. The molecule has 0 saturated heterocycles. The highest BCUT2D eigenvalue weighted by Gasteiger charge is 2.25. The van der Waals surface area contributed by atoms with Crippen LogP contribution in [0.2, 0.25) is 0 Å². The molecule has 0 radical (unpaired) electrons. The summed E-state index contributed by atoms with van der Waals surface area (Å²) >= 11 is 0. The fraction of sp³-hybridized carbons (Fsp3) is 0.526. The van der Waals surface area contributed by atoms with Gasteiger partial charge in [0.25, 0.3) is 0 Å². The summed E-state index contributed by atoms with van der Waals surface area (Å²) in [5.74, 6) is -0.760. The van der Waals surface area contributed by atoms with E-state index in [9.17, 15) is 14.4 Å². The fourth-order valence-corrected chi connectivity index (χ4v) is 2.41. The molecule has 0 saturated carbocycles. The zero-order valence-corrected chi connectivity index (χ0v) is 16.2. The molecule has 4 amide bonds.